The van der Waals surface area contributed by atoms with E-state index in [4.69, 9.17) is 4.74 Å². The highest BCUT2D eigenvalue weighted by Gasteiger charge is 2.30. The number of rotatable bonds is 5. The third-order valence-electron chi connectivity index (χ3n) is 4.55. The van der Waals surface area contributed by atoms with Crippen molar-refractivity contribution in [3.8, 4) is 5.75 Å². The topological polar surface area (TPSA) is 44.8 Å². The predicted molar refractivity (Wildman–Crippen MR) is 102 cm³/mol. The number of halogens is 3. The molecular weight excluding hydrogens is 371 g/mol. The SMILES string of the molecule is CN1CCN(c2ccccc2NC(=O)COc2cccc(C(F)(F)F)c2)CC1. The summed E-state index contributed by atoms with van der Waals surface area (Å²) >= 11 is 0. The van der Waals surface area contributed by atoms with Crippen LogP contribution < -0.4 is 15.0 Å². The summed E-state index contributed by atoms with van der Waals surface area (Å²) in [5.41, 5.74) is 0.763. The quantitative estimate of drug-likeness (QED) is 0.845. The second-order valence-electron chi connectivity index (χ2n) is 6.67. The second kappa shape index (κ2) is 8.52. The van der Waals surface area contributed by atoms with Gasteiger partial charge in [0.25, 0.3) is 5.91 Å². The Labute approximate surface area is 161 Å². The van der Waals surface area contributed by atoms with E-state index in [0.717, 1.165) is 44.0 Å². The van der Waals surface area contributed by atoms with Crippen LogP contribution >= 0.6 is 0 Å². The molecule has 1 aliphatic rings. The maximum absolute atomic E-state index is 12.8. The van der Waals surface area contributed by atoms with Crippen LogP contribution in [0.4, 0.5) is 24.5 Å². The molecule has 0 atom stereocenters. The van der Waals surface area contributed by atoms with E-state index < -0.39 is 17.6 Å². The maximum Gasteiger partial charge on any atom is 0.416 e. The van der Waals surface area contributed by atoms with E-state index >= 15 is 0 Å². The van der Waals surface area contributed by atoms with Gasteiger partial charge in [-0.05, 0) is 37.4 Å². The van der Waals surface area contributed by atoms with Crippen LogP contribution in [0.3, 0.4) is 0 Å². The first-order valence-electron chi connectivity index (χ1n) is 8.95. The summed E-state index contributed by atoms with van der Waals surface area (Å²) in [5, 5.41) is 2.79. The third kappa shape index (κ3) is 5.16. The average Bonchev–Trinajstić information content (AvgIpc) is 2.67. The number of carbonyl (C=O) groups excluding carboxylic acids is 1. The normalized spacial score (nSPS) is 15.4. The van der Waals surface area contributed by atoms with E-state index in [1.807, 2.05) is 18.2 Å². The molecule has 28 heavy (non-hydrogen) atoms. The largest absolute Gasteiger partial charge is 0.484 e. The van der Waals surface area contributed by atoms with Crippen molar-refractivity contribution >= 4 is 17.3 Å². The van der Waals surface area contributed by atoms with E-state index in [1.54, 1.807) is 6.07 Å². The van der Waals surface area contributed by atoms with Crippen LogP contribution in [-0.2, 0) is 11.0 Å². The molecule has 1 heterocycles. The standard InChI is InChI=1S/C20H22F3N3O2/c1-25-9-11-26(12-10-25)18-8-3-2-7-17(18)24-19(27)14-28-16-6-4-5-15(13-16)20(21,22)23/h2-8,13H,9-12,14H2,1H3,(H,24,27). The van der Waals surface area contributed by atoms with Gasteiger partial charge in [0, 0.05) is 26.2 Å². The summed E-state index contributed by atoms with van der Waals surface area (Å²) in [7, 11) is 2.07. The molecule has 0 radical (unpaired) electrons. The number of amides is 1. The lowest BCUT2D eigenvalue weighted by atomic mass is 10.2. The van der Waals surface area contributed by atoms with Crippen LogP contribution in [0.5, 0.6) is 5.75 Å². The van der Waals surface area contributed by atoms with Crippen LogP contribution in [-0.4, -0.2) is 50.6 Å². The number of likely N-dealkylation sites (N-methyl/N-ethyl adjacent to an activating group) is 1. The number of para-hydroxylation sites is 2. The minimum Gasteiger partial charge on any atom is -0.484 e. The minimum absolute atomic E-state index is 0.00247. The van der Waals surface area contributed by atoms with Crippen LogP contribution in [0, 0.1) is 0 Å². The van der Waals surface area contributed by atoms with Gasteiger partial charge in [-0.25, -0.2) is 0 Å². The van der Waals surface area contributed by atoms with Crippen molar-refractivity contribution in [2.24, 2.45) is 0 Å². The van der Waals surface area contributed by atoms with Gasteiger partial charge in [0.2, 0.25) is 0 Å². The fraction of sp³-hybridized carbons (Fsp3) is 0.350. The van der Waals surface area contributed by atoms with Crippen LogP contribution in [0.2, 0.25) is 0 Å². The maximum atomic E-state index is 12.8. The lowest BCUT2D eigenvalue weighted by Crippen LogP contribution is -2.44. The van der Waals surface area contributed by atoms with Gasteiger partial charge in [0.05, 0.1) is 16.9 Å². The summed E-state index contributed by atoms with van der Waals surface area (Å²) < 4.78 is 43.5. The lowest BCUT2D eigenvalue weighted by molar-refractivity contribution is -0.137. The number of ether oxygens (including phenoxy) is 1. The number of alkyl halides is 3. The number of nitrogens with one attached hydrogen (secondary N) is 1. The minimum atomic E-state index is -4.46. The predicted octanol–water partition coefficient (Wildman–Crippen LogP) is 3.47. The summed E-state index contributed by atoms with van der Waals surface area (Å²) in [6.07, 6.45) is -4.46. The Morgan fingerprint density at radius 2 is 1.79 bits per heavy atom. The number of carbonyl (C=O) groups is 1. The Balaban J connectivity index is 1.61. The van der Waals surface area contributed by atoms with E-state index in [2.05, 4.69) is 22.2 Å². The molecule has 1 aliphatic heterocycles. The second-order valence-corrected chi connectivity index (χ2v) is 6.67. The zero-order valence-corrected chi connectivity index (χ0v) is 15.5. The smallest absolute Gasteiger partial charge is 0.416 e. The number of hydrogen-bond donors (Lipinski definition) is 1. The third-order valence-corrected chi connectivity index (χ3v) is 4.55. The van der Waals surface area contributed by atoms with Crippen molar-refractivity contribution in [2.45, 2.75) is 6.18 Å². The van der Waals surface area contributed by atoms with E-state index in [1.165, 1.54) is 12.1 Å². The van der Waals surface area contributed by atoms with E-state index in [9.17, 15) is 18.0 Å². The lowest BCUT2D eigenvalue weighted by Gasteiger charge is -2.35. The molecule has 8 heteroatoms. The Morgan fingerprint density at radius 1 is 1.07 bits per heavy atom. The molecule has 150 valence electrons. The van der Waals surface area contributed by atoms with Crippen molar-refractivity contribution in [1.29, 1.82) is 0 Å². The highest BCUT2D eigenvalue weighted by atomic mass is 19.4. The fourth-order valence-electron chi connectivity index (χ4n) is 3.00. The summed E-state index contributed by atoms with van der Waals surface area (Å²) in [5.74, 6) is -0.434. The number of piperazine rings is 1. The van der Waals surface area contributed by atoms with E-state index in [0.29, 0.717) is 5.69 Å². The molecule has 2 aromatic carbocycles. The van der Waals surface area contributed by atoms with Crippen molar-refractivity contribution in [3.05, 3.63) is 54.1 Å². The van der Waals surface area contributed by atoms with Gasteiger partial charge in [-0.2, -0.15) is 13.2 Å². The van der Waals surface area contributed by atoms with Gasteiger partial charge in [-0.1, -0.05) is 18.2 Å². The molecule has 3 rings (SSSR count). The van der Waals surface area contributed by atoms with Gasteiger partial charge in [-0.15, -0.1) is 0 Å². The molecule has 0 saturated carbocycles. The Bertz CT molecular complexity index is 818. The number of anilines is 2. The molecule has 5 nitrogen and oxygen atoms in total. The molecular formula is C20H22F3N3O2. The molecule has 1 saturated heterocycles. The summed E-state index contributed by atoms with van der Waals surface area (Å²) in [4.78, 5) is 16.7. The zero-order valence-electron chi connectivity index (χ0n) is 15.5. The number of benzene rings is 2. The fourth-order valence-corrected chi connectivity index (χ4v) is 3.00. The van der Waals surface area contributed by atoms with Crippen LogP contribution in [0.1, 0.15) is 5.56 Å². The van der Waals surface area contributed by atoms with Crippen molar-refractivity contribution < 1.29 is 22.7 Å². The van der Waals surface area contributed by atoms with Gasteiger partial charge >= 0.3 is 6.18 Å². The van der Waals surface area contributed by atoms with Gasteiger partial charge in [0.1, 0.15) is 5.75 Å². The summed E-state index contributed by atoms with van der Waals surface area (Å²) in [6, 6.07) is 11.9. The Hall–Kier alpha value is -2.74. The Morgan fingerprint density at radius 3 is 2.50 bits per heavy atom. The van der Waals surface area contributed by atoms with Crippen molar-refractivity contribution in [3.63, 3.8) is 0 Å². The van der Waals surface area contributed by atoms with Crippen molar-refractivity contribution in [2.75, 3.05) is 50.1 Å². The molecule has 0 bridgehead atoms. The molecule has 1 fully saturated rings. The first-order valence-corrected chi connectivity index (χ1v) is 8.95. The van der Waals surface area contributed by atoms with Crippen molar-refractivity contribution in [1.82, 2.24) is 4.90 Å². The zero-order chi connectivity index (χ0) is 20.1. The summed E-state index contributed by atoms with van der Waals surface area (Å²) in [6.45, 7) is 3.19. The highest BCUT2D eigenvalue weighted by molar-refractivity contribution is 5.95. The molecule has 0 aliphatic carbocycles. The average molecular weight is 393 g/mol. The van der Waals surface area contributed by atoms with Gasteiger partial charge in [-0.3, -0.25) is 4.79 Å². The molecule has 0 unspecified atom stereocenters. The molecule has 1 amide bonds. The van der Waals surface area contributed by atoms with Gasteiger partial charge < -0.3 is 19.9 Å². The first-order chi connectivity index (χ1) is 13.3. The molecule has 2 aromatic rings. The molecule has 0 spiro atoms. The monoisotopic (exact) mass is 393 g/mol. The van der Waals surface area contributed by atoms with E-state index in [-0.39, 0.29) is 12.4 Å². The highest BCUT2D eigenvalue weighted by Crippen LogP contribution is 2.31. The molecule has 0 aromatic heterocycles. The number of hydrogen-bond acceptors (Lipinski definition) is 4. The number of nitrogens with zero attached hydrogens (tertiary/aromatic N) is 2. The van der Waals surface area contributed by atoms with Crippen LogP contribution in [0.15, 0.2) is 48.5 Å². The van der Waals surface area contributed by atoms with Gasteiger partial charge in [0.15, 0.2) is 6.61 Å². The molecule has 1 N–H and O–H groups in total. The Kier molecular flexibility index (Phi) is 6.08. The first kappa shape index (κ1) is 20.0. The van der Waals surface area contributed by atoms with Crippen LogP contribution in [0.25, 0.3) is 0 Å².